The monoisotopic (exact) mass is 271 g/mol. The van der Waals surface area contributed by atoms with Gasteiger partial charge in [0.1, 0.15) is 0 Å². The fourth-order valence-corrected chi connectivity index (χ4v) is 2.03. The first kappa shape index (κ1) is 14.6. The van der Waals surface area contributed by atoms with E-state index in [4.69, 9.17) is 11.6 Å². The van der Waals surface area contributed by atoms with Gasteiger partial charge in [-0.1, -0.05) is 0 Å². The van der Waals surface area contributed by atoms with E-state index in [-0.39, 0.29) is 24.8 Å². The number of hydrogen-bond donors (Lipinski definition) is 0. The lowest BCUT2D eigenvalue weighted by atomic mass is 9.91. The van der Waals surface area contributed by atoms with Crippen LogP contribution >= 0.6 is 11.6 Å². The molecule has 1 aliphatic rings. The minimum absolute atomic E-state index is 0.106. The summed E-state index contributed by atoms with van der Waals surface area (Å²) in [6, 6.07) is 0. The Morgan fingerprint density at radius 2 is 2.00 bits per heavy atom. The van der Waals surface area contributed by atoms with Crippen molar-refractivity contribution in [1.82, 2.24) is 4.90 Å². The molecule has 0 spiro atoms. The third-order valence-electron chi connectivity index (χ3n) is 3.08. The number of nitrogens with zero attached hydrogens (tertiary/aromatic N) is 1. The Bertz CT molecular complexity index is 291. The van der Waals surface area contributed by atoms with Gasteiger partial charge in [0.2, 0.25) is 5.91 Å². The number of rotatable bonds is 2. The molecule has 17 heavy (non-hydrogen) atoms. The molecule has 2 nitrogen and oxygen atoms in total. The van der Waals surface area contributed by atoms with E-state index in [2.05, 4.69) is 0 Å². The summed E-state index contributed by atoms with van der Waals surface area (Å²) in [5.74, 6) is -1.58. The molecule has 1 aliphatic heterocycles. The summed E-state index contributed by atoms with van der Waals surface area (Å²) in [5, 5.41) is 0. The van der Waals surface area contributed by atoms with Gasteiger partial charge >= 0.3 is 6.18 Å². The van der Waals surface area contributed by atoms with E-state index < -0.39 is 17.5 Å². The molecule has 1 amide bonds. The smallest absolute Gasteiger partial charge is 0.342 e. The maximum atomic E-state index is 12.6. The van der Waals surface area contributed by atoms with Crippen molar-refractivity contribution in [2.24, 2.45) is 11.3 Å². The summed E-state index contributed by atoms with van der Waals surface area (Å²) >= 11 is 5.66. The lowest BCUT2D eigenvalue weighted by Crippen LogP contribution is -2.49. The van der Waals surface area contributed by atoms with Gasteiger partial charge in [-0.05, 0) is 26.7 Å². The second-order valence-corrected chi connectivity index (χ2v) is 5.42. The molecule has 1 rings (SSSR count). The highest BCUT2D eigenvalue weighted by Crippen LogP contribution is 2.34. The van der Waals surface area contributed by atoms with E-state index in [1.54, 1.807) is 13.8 Å². The molecule has 1 heterocycles. The summed E-state index contributed by atoms with van der Waals surface area (Å²) < 4.78 is 37.8. The number of piperidine rings is 1. The average molecular weight is 272 g/mol. The Hall–Kier alpha value is -0.450. The topological polar surface area (TPSA) is 20.3 Å². The second kappa shape index (κ2) is 5.04. The zero-order valence-electron chi connectivity index (χ0n) is 9.98. The van der Waals surface area contributed by atoms with Gasteiger partial charge < -0.3 is 4.90 Å². The average Bonchev–Trinajstić information content (AvgIpc) is 2.27. The van der Waals surface area contributed by atoms with Crippen LogP contribution in [0, 0.1) is 11.3 Å². The van der Waals surface area contributed by atoms with Gasteiger partial charge in [-0.15, -0.1) is 11.6 Å². The lowest BCUT2D eigenvalue weighted by Gasteiger charge is -2.37. The van der Waals surface area contributed by atoms with Crippen molar-refractivity contribution in [3.8, 4) is 0 Å². The Balaban J connectivity index is 2.71. The molecule has 1 atom stereocenters. The molecule has 0 aromatic heterocycles. The quantitative estimate of drug-likeness (QED) is 0.707. The molecule has 6 heteroatoms. The largest absolute Gasteiger partial charge is 0.393 e. The van der Waals surface area contributed by atoms with E-state index in [9.17, 15) is 18.0 Å². The fraction of sp³-hybridized carbons (Fsp3) is 0.909. The van der Waals surface area contributed by atoms with E-state index in [0.29, 0.717) is 13.0 Å². The summed E-state index contributed by atoms with van der Waals surface area (Å²) in [7, 11) is 0. The van der Waals surface area contributed by atoms with E-state index in [1.165, 1.54) is 4.90 Å². The van der Waals surface area contributed by atoms with Crippen LogP contribution in [0.5, 0.6) is 0 Å². The van der Waals surface area contributed by atoms with Gasteiger partial charge in [0.25, 0.3) is 0 Å². The van der Waals surface area contributed by atoms with Crippen molar-refractivity contribution in [2.75, 3.05) is 19.0 Å². The third-order valence-corrected chi connectivity index (χ3v) is 3.75. The van der Waals surface area contributed by atoms with Crippen LogP contribution in [-0.2, 0) is 4.79 Å². The zero-order chi connectivity index (χ0) is 13.3. The van der Waals surface area contributed by atoms with Gasteiger partial charge in [-0.3, -0.25) is 4.79 Å². The van der Waals surface area contributed by atoms with Gasteiger partial charge in [-0.25, -0.2) is 0 Å². The Kier molecular flexibility index (Phi) is 4.33. The third kappa shape index (κ3) is 3.50. The number of carbonyl (C=O) groups is 1. The van der Waals surface area contributed by atoms with Crippen molar-refractivity contribution in [1.29, 1.82) is 0 Å². The number of alkyl halides is 4. The maximum Gasteiger partial charge on any atom is 0.393 e. The van der Waals surface area contributed by atoms with Crippen LogP contribution in [-0.4, -0.2) is 36.0 Å². The molecule has 0 N–H and O–H groups in total. The molecular formula is C11H17ClF3NO. The van der Waals surface area contributed by atoms with E-state index >= 15 is 0 Å². The lowest BCUT2D eigenvalue weighted by molar-refractivity contribution is -0.189. The van der Waals surface area contributed by atoms with Crippen molar-refractivity contribution in [3.63, 3.8) is 0 Å². The Labute approximate surface area is 104 Å². The molecule has 0 radical (unpaired) electrons. The van der Waals surface area contributed by atoms with Gasteiger partial charge in [0.15, 0.2) is 0 Å². The number of hydrogen-bond acceptors (Lipinski definition) is 1. The van der Waals surface area contributed by atoms with Crippen LogP contribution < -0.4 is 0 Å². The highest BCUT2D eigenvalue weighted by molar-refractivity contribution is 6.19. The van der Waals surface area contributed by atoms with Crippen molar-refractivity contribution >= 4 is 17.5 Å². The molecular weight excluding hydrogens is 255 g/mol. The van der Waals surface area contributed by atoms with Gasteiger partial charge in [0, 0.05) is 19.0 Å². The highest BCUT2D eigenvalue weighted by atomic mass is 35.5. The molecule has 0 bridgehead atoms. The summed E-state index contributed by atoms with van der Waals surface area (Å²) in [5.41, 5.74) is -0.797. The minimum Gasteiger partial charge on any atom is -0.342 e. The zero-order valence-corrected chi connectivity index (χ0v) is 10.7. The summed E-state index contributed by atoms with van der Waals surface area (Å²) in [6.07, 6.45) is -3.72. The SMILES string of the molecule is CC(C)(CCl)C(=O)N1CCCC(C(F)(F)F)C1. The van der Waals surface area contributed by atoms with E-state index in [0.717, 1.165) is 0 Å². The molecule has 0 aromatic carbocycles. The number of halogens is 4. The molecule has 0 aromatic rings. The minimum atomic E-state index is -4.22. The summed E-state index contributed by atoms with van der Waals surface area (Å²) in [4.78, 5) is 13.3. The first-order valence-corrected chi connectivity index (χ1v) is 6.14. The van der Waals surface area contributed by atoms with Crippen LogP contribution in [0.2, 0.25) is 0 Å². The predicted molar refractivity (Wildman–Crippen MR) is 59.9 cm³/mol. The Morgan fingerprint density at radius 1 is 1.41 bits per heavy atom. The normalized spacial score (nSPS) is 22.7. The predicted octanol–water partition coefficient (Wildman–Crippen LogP) is 3.05. The van der Waals surface area contributed by atoms with Crippen LogP contribution in [0.25, 0.3) is 0 Å². The number of amides is 1. The standard InChI is InChI=1S/C11H17ClF3NO/c1-10(2,7-12)9(17)16-5-3-4-8(6-16)11(13,14)15/h8H,3-7H2,1-2H3. The van der Waals surface area contributed by atoms with Crippen molar-refractivity contribution < 1.29 is 18.0 Å². The number of carbonyl (C=O) groups excluding carboxylic acids is 1. The van der Waals surface area contributed by atoms with Crippen LogP contribution in [0.15, 0.2) is 0 Å². The molecule has 1 fully saturated rings. The molecule has 1 unspecified atom stereocenters. The van der Waals surface area contributed by atoms with Crippen LogP contribution in [0.1, 0.15) is 26.7 Å². The molecule has 0 aliphatic carbocycles. The molecule has 100 valence electrons. The molecule has 1 saturated heterocycles. The number of likely N-dealkylation sites (tertiary alicyclic amines) is 1. The van der Waals surface area contributed by atoms with Crippen LogP contribution in [0.3, 0.4) is 0 Å². The first-order valence-electron chi connectivity index (χ1n) is 5.60. The van der Waals surface area contributed by atoms with Crippen molar-refractivity contribution in [2.45, 2.75) is 32.9 Å². The van der Waals surface area contributed by atoms with Crippen molar-refractivity contribution in [3.05, 3.63) is 0 Å². The van der Waals surface area contributed by atoms with Gasteiger partial charge in [-0.2, -0.15) is 13.2 Å². The van der Waals surface area contributed by atoms with Gasteiger partial charge in [0.05, 0.1) is 11.3 Å². The van der Waals surface area contributed by atoms with E-state index in [1.807, 2.05) is 0 Å². The maximum absolute atomic E-state index is 12.6. The first-order chi connectivity index (χ1) is 7.68. The van der Waals surface area contributed by atoms with Crippen LogP contribution in [0.4, 0.5) is 13.2 Å². The second-order valence-electron chi connectivity index (χ2n) is 5.15. The molecule has 0 saturated carbocycles. The highest BCUT2D eigenvalue weighted by Gasteiger charge is 2.44. The fourth-order valence-electron chi connectivity index (χ4n) is 1.91. The summed E-state index contributed by atoms with van der Waals surface area (Å²) in [6.45, 7) is 3.47. The Morgan fingerprint density at radius 3 is 2.47 bits per heavy atom.